The fourth-order valence-corrected chi connectivity index (χ4v) is 3.09. The maximum atomic E-state index is 2.39. The average Bonchev–Trinajstić information content (AvgIpc) is 2.59. The highest BCUT2D eigenvalue weighted by Gasteiger charge is 1.96. The second kappa shape index (κ2) is 11.0. The van der Waals surface area contributed by atoms with Gasteiger partial charge in [-0.3, -0.25) is 0 Å². The zero-order valence-corrected chi connectivity index (χ0v) is 14.8. The number of fused-ring (bicyclic) bond motifs is 1. The van der Waals surface area contributed by atoms with Gasteiger partial charge in [0, 0.05) is 0 Å². The van der Waals surface area contributed by atoms with Crippen molar-refractivity contribution in [3.8, 4) is 0 Å². The first-order valence-electron chi connectivity index (χ1n) is 9.53. The summed E-state index contributed by atoms with van der Waals surface area (Å²) in [5.41, 5.74) is 1.48. The van der Waals surface area contributed by atoms with Crippen LogP contribution in [0.25, 0.3) is 10.8 Å². The Morgan fingerprint density at radius 3 is 2.17 bits per heavy atom. The molecule has 0 radical (unpaired) electrons. The van der Waals surface area contributed by atoms with Gasteiger partial charge in [-0.05, 0) is 54.9 Å². The van der Waals surface area contributed by atoms with Gasteiger partial charge in [0.1, 0.15) is 0 Å². The molecule has 124 valence electrons. The molecule has 0 aliphatic carbocycles. The fourth-order valence-electron chi connectivity index (χ4n) is 3.09. The van der Waals surface area contributed by atoms with Crippen LogP contribution in [0.3, 0.4) is 0 Å². The van der Waals surface area contributed by atoms with Gasteiger partial charge in [0.2, 0.25) is 0 Å². The van der Waals surface area contributed by atoms with Crippen molar-refractivity contribution in [3.05, 3.63) is 60.2 Å². The Kier molecular flexibility index (Phi) is 8.55. The minimum absolute atomic E-state index is 1.20. The highest BCUT2D eigenvalue weighted by atomic mass is 14.0. The molecular formula is C23H32. The van der Waals surface area contributed by atoms with Crippen molar-refractivity contribution in [2.75, 3.05) is 0 Å². The molecule has 0 fully saturated rings. The number of allylic oxidation sites excluding steroid dienone is 2. The highest BCUT2D eigenvalue weighted by molar-refractivity contribution is 5.82. The van der Waals surface area contributed by atoms with Crippen LogP contribution in [0.1, 0.15) is 70.3 Å². The molecule has 0 aliphatic heterocycles. The Hall–Kier alpha value is -1.56. The van der Waals surface area contributed by atoms with E-state index in [1.165, 1.54) is 80.5 Å². The van der Waals surface area contributed by atoms with Crippen molar-refractivity contribution >= 4 is 10.8 Å². The second-order valence-corrected chi connectivity index (χ2v) is 6.60. The van der Waals surface area contributed by atoms with E-state index < -0.39 is 0 Å². The van der Waals surface area contributed by atoms with Gasteiger partial charge in [0.05, 0.1) is 0 Å². The first-order chi connectivity index (χ1) is 11.4. The molecule has 0 nitrogen and oxygen atoms in total. The summed E-state index contributed by atoms with van der Waals surface area (Å²) < 4.78 is 0. The molecule has 0 unspecified atom stereocenters. The molecule has 0 N–H and O–H groups in total. The van der Waals surface area contributed by atoms with Gasteiger partial charge in [-0.25, -0.2) is 0 Å². The van der Waals surface area contributed by atoms with E-state index in [1.54, 1.807) is 0 Å². The van der Waals surface area contributed by atoms with Crippen molar-refractivity contribution < 1.29 is 0 Å². The Balaban J connectivity index is 1.56. The summed E-state index contributed by atoms with van der Waals surface area (Å²) in [4.78, 5) is 0. The quantitative estimate of drug-likeness (QED) is 0.298. The Morgan fingerprint density at radius 2 is 1.39 bits per heavy atom. The maximum absolute atomic E-state index is 2.39. The maximum Gasteiger partial charge on any atom is -0.0181 e. The van der Waals surface area contributed by atoms with Crippen LogP contribution >= 0.6 is 0 Å². The molecule has 0 spiro atoms. The number of rotatable bonds is 11. The van der Waals surface area contributed by atoms with Gasteiger partial charge in [0.25, 0.3) is 0 Å². The van der Waals surface area contributed by atoms with E-state index in [4.69, 9.17) is 0 Å². The van der Waals surface area contributed by atoms with E-state index in [1.807, 2.05) is 0 Å². The zero-order chi connectivity index (χ0) is 16.2. The smallest absolute Gasteiger partial charge is 0.0181 e. The van der Waals surface area contributed by atoms with Crippen molar-refractivity contribution in [2.45, 2.75) is 71.1 Å². The molecule has 2 rings (SSSR count). The minimum atomic E-state index is 1.20. The van der Waals surface area contributed by atoms with Crippen molar-refractivity contribution in [1.29, 1.82) is 0 Å². The van der Waals surface area contributed by atoms with Crippen LogP contribution in [0.5, 0.6) is 0 Å². The van der Waals surface area contributed by atoms with Crippen molar-refractivity contribution in [3.63, 3.8) is 0 Å². The number of aryl methyl sites for hydroxylation is 1. The van der Waals surface area contributed by atoms with Crippen LogP contribution < -0.4 is 0 Å². The monoisotopic (exact) mass is 308 g/mol. The fraction of sp³-hybridized carbons (Fsp3) is 0.478. The van der Waals surface area contributed by atoms with E-state index >= 15 is 0 Å². The summed E-state index contributed by atoms with van der Waals surface area (Å²) in [6.45, 7) is 2.28. The summed E-state index contributed by atoms with van der Waals surface area (Å²) in [5.74, 6) is 0. The van der Waals surface area contributed by atoms with Crippen molar-refractivity contribution in [2.24, 2.45) is 0 Å². The molecule has 0 amide bonds. The third-order valence-electron chi connectivity index (χ3n) is 4.54. The molecular weight excluding hydrogens is 276 g/mol. The molecule has 2 aromatic carbocycles. The average molecular weight is 309 g/mol. The predicted octanol–water partition coefficient (Wildman–Crippen LogP) is 7.47. The van der Waals surface area contributed by atoms with Gasteiger partial charge in [-0.1, -0.05) is 87.2 Å². The minimum Gasteiger partial charge on any atom is -0.0885 e. The lowest BCUT2D eigenvalue weighted by molar-refractivity contribution is 0.636. The zero-order valence-electron chi connectivity index (χ0n) is 14.8. The summed E-state index contributed by atoms with van der Waals surface area (Å²) in [6, 6.07) is 15.5. The van der Waals surface area contributed by atoms with E-state index in [-0.39, 0.29) is 0 Å². The van der Waals surface area contributed by atoms with Crippen LogP contribution in [0.2, 0.25) is 0 Å². The molecule has 0 bridgehead atoms. The number of unbranched alkanes of at least 4 members (excludes halogenated alkanes) is 7. The van der Waals surface area contributed by atoms with Gasteiger partial charge in [-0.2, -0.15) is 0 Å². The lowest BCUT2D eigenvalue weighted by atomic mass is 10.0. The van der Waals surface area contributed by atoms with Gasteiger partial charge < -0.3 is 0 Å². The summed E-state index contributed by atoms with van der Waals surface area (Å²) in [7, 11) is 0. The first kappa shape index (κ1) is 17.8. The molecule has 23 heavy (non-hydrogen) atoms. The lowest BCUT2D eigenvalue weighted by Gasteiger charge is -2.03. The molecule has 0 aliphatic rings. The summed E-state index contributed by atoms with van der Waals surface area (Å²) in [5, 5.41) is 2.71. The standard InChI is InChI=1S/C23H32/c1-2-3-4-5-6-7-8-9-10-11-12-15-21-18-19-22-16-13-14-17-23(22)20-21/h8-9,13-14,16-20H,2-7,10-12,15H2,1H3/b9-8+. The van der Waals surface area contributed by atoms with Crippen LogP contribution in [0, 0.1) is 0 Å². The van der Waals surface area contributed by atoms with Gasteiger partial charge in [-0.15, -0.1) is 0 Å². The number of hydrogen-bond donors (Lipinski definition) is 0. The predicted molar refractivity (Wildman–Crippen MR) is 104 cm³/mol. The van der Waals surface area contributed by atoms with E-state index in [9.17, 15) is 0 Å². The molecule has 0 heteroatoms. The Labute approximate surface area is 142 Å². The van der Waals surface area contributed by atoms with E-state index in [2.05, 4.69) is 61.5 Å². The van der Waals surface area contributed by atoms with Crippen LogP contribution in [-0.4, -0.2) is 0 Å². The third-order valence-corrected chi connectivity index (χ3v) is 4.54. The van der Waals surface area contributed by atoms with Crippen LogP contribution in [-0.2, 0) is 6.42 Å². The molecule has 0 aromatic heterocycles. The third kappa shape index (κ3) is 7.03. The summed E-state index contributed by atoms with van der Waals surface area (Å²) >= 11 is 0. The Bertz CT molecular complexity index is 579. The number of benzene rings is 2. The van der Waals surface area contributed by atoms with Crippen LogP contribution in [0.15, 0.2) is 54.6 Å². The Morgan fingerprint density at radius 1 is 0.696 bits per heavy atom. The van der Waals surface area contributed by atoms with Gasteiger partial charge in [0.15, 0.2) is 0 Å². The van der Waals surface area contributed by atoms with E-state index in [0.29, 0.717) is 0 Å². The molecule has 0 heterocycles. The van der Waals surface area contributed by atoms with E-state index in [0.717, 1.165) is 0 Å². The molecule has 0 saturated carbocycles. The molecule has 0 saturated heterocycles. The topological polar surface area (TPSA) is 0 Å². The SMILES string of the molecule is CCCCCCC/C=C/CCCCc1ccc2ccccc2c1. The number of hydrogen-bond acceptors (Lipinski definition) is 0. The largest absolute Gasteiger partial charge is 0.0885 e. The van der Waals surface area contributed by atoms with Crippen LogP contribution in [0.4, 0.5) is 0 Å². The lowest BCUT2D eigenvalue weighted by Crippen LogP contribution is -1.85. The molecule has 2 aromatic rings. The van der Waals surface area contributed by atoms with Gasteiger partial charge >= 0.3 is 0 Å². The first-order valence-corrected chi connectivity index (χ1v) is 9.53. The normalized spacial score (nSPS) is 11.5. The highest BCUT2D eigenvalue weighted by Crippen LogP contribution is 2.17. The summed E-state index contributed by atoms with van der Waals surface area (Å²) in [6.07, 6.45) is 18.0. The molecule has 0 atom stereocenters. The second-order valence-electron chi connectivity index (χ2n) is 6.60. The van der Waals surface area contributed by atoms with Crippen molar-refractivity contribution in [1.82, 2.24) is 0 Å².